The van der Waals surface area contributed by atoms with Gasteiger partial charge in [-0.05, 0) is 25.0 Å². The highest BCUT2D eigenvalue weighted by Gasteiger charge is 2.25. The van der Waals surface area contributed by atoms with Crippen LogP contribution < -0.4 is 0 Å². The molecule has 4 heteroatoms. The first-order valence-electron chi connectivity index (χ1n) is 4.79. The minimum Gasteiger partial charge on any atom is -0.370 e. The van der Waals surface area contributed by atoms with Gasteiger partial charge in [-0.25, -0.2) is 8.78 Å². The number of Topliss-reactive ketones (excluding diaryl/α,β-unsaturated/α-hetero) is 1. The van der Waals surface area contributed by atoms with E-state index in [2.05, 4.69) is 0 Å². The van der Waals surface area contributed by atoms with Gasteiger partial charge in [-0.15, -0.1) is 0 Å². The number of carbonyl (C=O) groups excluding carboxylic acids is 1. The summed E-state index contributed by atoms with van der Waals surface area (Å²) in [5.74, 6) is -1.82. The number of rotatable bonds is 2. The van der Waals surface area contributed by atoms with Gasteiger partial charge in [0.15, 0.2) is 5.78 Å². The summed E-state index contributed by atoms with van der Waals surface area (Å²) in [6, 6.07) is 2.81. The van der Waals surface area contributed by atoms with Crippen LogP contribution in [0.5, 0.6) is 0 Å². The summed E-state index contributed by atoms with van der Waals surface area (Å²) in [7, 11) is 0. The van der Waals surface area contributed by atoms with E-state index in [4.69, 9.17) is 4.74 Å². The Labute approximate surface area is 85.9 Å². The van der Waals surface area contributed by atoms with Gasteiger partial charge in [0.2, 0.25) is 0 Å². The molecule has 0 amide bonds. The lowest BCUT2D eigenvalue weighted by molar-refractivity contribution is 0.0642. The largest absolute Gasteiger partial charge is 0.370 e. The van der Waals surface area contributed by atoms with Gasteiger partial charge in [-0.1, -0.05) is 0 Å². The Morgan fingerprint density at radius 2 is 1.93 bits per heavy atom. The molecule has 1 aliphatic heterocycles. The third-order valence-electron chi connectivity index (χ3n) is 2.37. The molecule has 0 saturated carbocycles. The minimum atomic E-state index is -0.739. The first-order valence-corrected chi connectivity index (χ1v) is 4.79. The Morgan fingerprint density at radius 3 is 2.47 bits per heavy atom. The quantitative estimate of drug-likeness (QED) is 0.703. The van der Waals surface area contributed by atoms with Crippen LogP contribution in [0.1, 0.15) is 23.2 Å². The highest BCUT2D eigenvalue weighted by Crippen LogP contribution is 2.18. The van der Waals surface area contributed by atoms with E-state index in [-0.39, 0.29) is 11.3 Å². The molecule has 1 unspecified atom stereocenters. The fraction of sp³-hybridized carbons (Fsp3) is 0.364. The van der Waals surface area contributed by atoms with Crippen LogP contribution in [0.4, 0.5) is 8.78 Å². The van der Waals surface area contributed by atoms with E-state index >= 15 is 0 Å². The van der Waals surface area contributed by atoms with Crippen LogP contribution in [0.25, 0.3) is 0 Å². The SMILES string of the molecule is O=C(c1cc(F)cc(F)c1)C1CCCO1. The van der Waals surface area contributed by atoms with E-state index in [1.54, 1.807) is 0 Å². The maximum atomic E-state index is 12.8. The summed E-state index contributed by atoms with van der Waals surface area (Å²) >= 11 is 0. The third-order valence-corrected chi connectivity index (χ3v) is 2.37. The van der Waals surface area contributed by atoms with Crippen molar-refractivity contribution in [2.75, 3.05) is 6.61 Å². The van der Waals surface area contributed by atoms with Gasteiger partial charge in [0.05, 0.1) is 0 Å². The summed E-state index contributed by atoms with van der Waals surface area (Å²) in [5, 5.41) is 0. The zero-order valence-electron chi connectivity index (χ0n) is 8.00. The van der Waals surface area contributed by atoms with E-state index in [0.717, 1.165) is 24.6 Å². The van der Waals surface area contributed by atoms with Crippen molar-refractivity contribution in [3.05, 3.63) is 35.4 Å². The number of hydrogen-bond donors (Lipinski definition) is 0. The van der Waals surface area contributed by atoms with Crippen molar-refractivity contribution in [3.8, 4) is 0 Å². The van der Waals surface area contributed by atoms with Crippen LogP contribution in [-0.4, -0.2) is 18.5 Å². The van der Waals surface area contributed by atoms with E-state index < -0.39 is 17.7 Å². The van der Waals surface area contributed by atoms with Crippen LogP contribution in [0.15, 0.2) is 18.2 Å². The van der Waals surface area contributed by atoms with Gasteiger partial charge < -0.3 is 4.74 Å². The zero-order chi connectivity index (χ0) is 10.8. The first-order chi connectivity index (χ1) is 7.16. The molecule has 2 rings (SSSR count). The molecular formula is C11H10F2O2. The number of ether oxygens (including phenoxy) is 1. The lowest BCUT2D eigenvalue weighted by Crippen LogP contribution is -2.19. The molecule has 1 saturated heterocycles. The lowest BCUT2D eigenvalue weighted by atomic mass is 10.0. The molecule has 0 spiro atoms. The van der Waals surface area contributed by atoms with Crippen molar-refractivity contribution in [2.24, 2.45) is 0 Å². The van der Waals surface area contributed by atoms with Crippen LogP contribution in [-0.2, 0) is 4.74 Å². The van der Waals surface area contributed by atoms with Crippen LogP contribution >= 0.6 is 0 Å². The highest BCUT2D eigenvalue weighted by atomic mass is 19.1. The summed E-state index contributed by atoms with van der Waals surface area (Å²) in [6.45, 7) is 0.536. The second-order valence-corrected chi connectivity index (χ2v) is 3.52. The topological polar surface area (TPSA) is 26.3 Å². The van der Waals surface area contributed by atoms with E-state index in [0.29, 0.717) is 13.0 Å². The first kappa shape index (κ1) is 10.2. The van der Waals surface area contributed by atoms with Crippen molar-refractivity contribution in [1.29, 1.82) is 0 Å². The Morgan fingerprint density at radius 1 is 1.27 bits per heavy atom. The predicted octanol–water partition coefficient (Wildman–Crippen LogP) is 2.33. The standard InChI is InChI=1S/C11H10F2O2/c12-8-4-7(5-9(13)6-8)11(14)10-2-1-3-15-10/h4-6,10H,1-3H2. The number of halogens is 2. The van der Waals surface area contributed by atoms with Crippen molar-refractivity contribution in [1.82, 2.24) is 0 Å². The Bertz CT molecular complexity index is 364. The van der Waals surface area contributed by atoms with Gasteiger partial charge in [0, 0.05) is 18.2 Å². The Balaban J connectivity index is 2.24. The maximum absolute atomic E-state index is 12.8. The predicted molar refractivity (Wildman–Crippen MR) is 49.7 cm³/mol. The summed E-state index contributed by atoms with van der Waals surface area (Å²) in [5.41, 5.74) is 0.0411. The van der Waals surface area contributed by atoms with Gasteiger partial charge in [0.25, 0.3) is 0 Å². The smallest absolute Gasteiger partial charge is 0.191 e. The molecule has 15 heavy (non-hydrogen) atoms. The number of carbonyl (C=O) groups is 1. The summed E-state index contributed by atoms with van der Waals surface area (Å²) in [6.07, 6.45) is 0.900. The molecular weight excluding hydrogens is 202 g/mol. The third kappa shape index (κ3) is 2.21. The highest BCUT2D eigenvalue weighted by molar-refractivity contribution is 5.99. The fourth-order valence-electron chi connectivity index (χ4n) is 1.67. The van der Waals surface area contributed by atoms with Gasteiger partial charge >= 0.3 is 0 Å². The minimum absolute atomic E-state index is 0.0411. The van der Waals surface area contributed by atoms with E-state index in [9.17, 15) is 13.6 Å². The molecule has 1 heterocycles. The second-order valence-electron chi connectivity index (χ2n) is 3.52. The molecule has 0 aromatic heterocycles. The molecule has 0 N–H and O–H groups in total. The zero-order valence-corrected chi connectivity index (χ0v) is 8.00. The number of benzene rings is 1. The lowest BCUT2D eigenvalue weighted by Gasteiger charge is -2.07. The van der Waals surface area contributed by atoms with Crippen molar-refractivity contribution < 1.29 is 18.3 Å². The molecule has 1 atom stereocenters. The second kappa shape index (κ2) is 4.06. The van der Waals surface area contributed by atoms with E-state index in [1.165, 1.54) is 0 Å². The Hall–Kier alpha value is -1.29. The van der Waals surface area contributed by atoms with Crippen LogP contribution in [0.3, 0.4) is 0 Å². The normalized spacial score (nSPS) is 20.5. The van der Waals surface area contributed by atoms with Crippen molar-refractivity contribution in [2.45, 2.75) is 18.9 Å². The molecule has 0 aliphatic carbocycles. The van der Waals surface area contributed by atoms with E-state index in [1.807, 2.05) is 0 Å². The van der Waals surface area contributed by atoms with Gasteiger partial charge in [-0.2, -0.15) is 0 Å². The van der Waals surface area contributed by atoms with Gasteiger partial charge in [0.1, 0.15) is 17.7 Å². The average molecular weight is 212 g/mol. The Kier molecular flexibility index (Phi) is 2.77. The molecule has 80 valence electrons. The number of hydrogen-bond acceptors (Lipinski definition) is 2. The van der Waals surface area contributed by atoms with Gasteiger partial charge in [-0.3, -0.25) is 4.79 Å². The number of ketones is 1. The summed E-state index contributed by atoms with van der Waals surface area (Å²) in [4.78, 5) is 11.7. The fourth-order valence-corrected chi connectivity index (χ4v) is 1.67. The monoisotopic (exact) mass is 212 g/mol. The molecule has 1 fully saturated rings. The molecule has 0 radical (unpaired) electrons. The maximum Gasteiger partial charge on any atom is 0.191 e. The van der Waals surface area contributed by atoms with Crippen molar-refractivity contribution >= 4 is 5.78 Å². The van der Waals surface area contributed by atoms with Crippen LogP contribution in [0, 0.1) is 11.6 Å². The van der Waals surface area contributed by atoms with Crippen LogP contribution in [0.2, 0.25) is 0 Å². The molecule has 2 nitrogen and oxygen atoms in total. The molecule has 1 aromatic rings. The van der Waals surface area contributed by atoms with Crippen molar-refractivity contribution in [3.63, 3.8) is 0 Å². The molecule has 1 aromatic carbocycles. The summed E-state index contributed by atoms with van der Waals surface area (Å²) < 4.78 is 30.8. The molecule has 1 aliphatic rings. The average Bonchev–Trinajstić information content (AvgIpc) is 2.67. The molecule has 0 bridgehead atoms.